The first kappa shape index (κ1) is 11.6. The van der Waals surface area contributed by atoms with E-state index in [0.717, 1.165) is 16.9 Å². The van der Waals surface area contributed by atoms with Crippen molar-refractivity contribution in [3.05, 3.63) is 24.3 Å². The zero-order chi connectivity index (χ0) is 12.4. The van der Waals surface area contributed by atoms with E-state index in [2.05, 4.69) is 15.3 Å². The highest BCUT2D eigenvalue weighted by atomic mass is 32.2. The van der Waals surface area contributed by atoms with Crippen molar-refractivity contribution in [2.45, 2.75) is 18.9 Å². The second kappa shape index (κ2) is 5.02. The van der Waals surface area contributed by atoms with E-state index >= 15 is 0 Å². The van der Waals surface area contributed by atoms with Gasteiger partial charge in [-0.25, -0.2) is 9.97 Å². The van der Waals surface area contributed by atoms with E-state index in [1.54, 1.807) is 0 Å². The number of benzene rings is 1. The molecule has 1 aromatic carbocycles. The molecule has 1 aromatic heterocycles. The van der Waals surface area contributed by atoms with Crippen LogP contribution in [0.2, 0.25) is 0 Å². The SMILES string of the molecule is Nc1nc2ccccc2nc1NC1CCSCC1. The van der Waals surface area contributed by atoms with Gasteiger partial charge in [-0.3, -0.25) is 0 Å². The molecular formula is C13H16N4S. The normalized spacial score (nSPS) is 16.9. The molecule has 94 valence electrons. The van der Waals surface area contributed by atoms with E-state index in [9.17, 15) is 0 Å². The lowest BCUT2D eigenvalue weighted by Crippen LogP contribution is -2.25. The van der Waals surface area contributed by atoms with E-state index in [-0.39, 0.29) is 0 Å². The largest absolute Gasteiger partial charge is 0.381 e. The van der Waals surface area contributed by atoms with Crippen molar-refractivity contribution < 1.29 is 0 Å². The molecule has 0 saturated carbocycles. The third-order valence-electron chi connectivity index (χ3n) is 3.16. The van der Waals surface area contributed by atoms with E-state index in [1.807, 2.05) is 36.0 Å². The second-order valence-electron chi connectivity index (χ2n) is 4.48. The summed E-state index contributed by atoms with van der Waals surface area (Å²) < 4.78 is 0. The Balaban J connectivity index is 1.88. The van der Waals surface area contributed by atoms with Crippen LogP contribution in [-0.2, 0) is 0 Å². The Labute approximate surface area is 110 Å². The number of rotatable bonds is 2. The number of hydrogen-bond acceptors (Lipinski definition) is 5. The highest BCUT2D eigenvalue weighted by Crippen LogP contribution is 2.23. The molecular weight excluding hydrogens is 244 g/mol. The molecule has 0 spiro atoms. The summed E-state index contributed by atoms with van der Waals surface area (Å²) in [5, 5.41) is 3.43. The van der Waals surface area contributed by atoms with Gasteiger partial charge in [0, 0.05) is 6.04 Å². The summed E-state index contributed by atoms with van der Waals surface area (Å²) in [6, 6.07) is 8.28. The minimum Gasteiger partial charge on any atom is -0.381 e. The molecule has 1 saturated heterocycles. The van der Waals surface area contributed by atoms with Crippen LogP contribution >= 0.6 is 11.8 Å². The average molecular weight is 260 g/mol. The zero-order valence-electron chi connectivity index (χ0n) is 10.1. The molecule has 3 N–H and O–H groups in total. The number of thioether (sulfide) groups is 1. The molecule has 2 aromatic rings. The lowest BCUT2D eigenvalue weighted by Gasteiger charge is -2.23. The van der Waals surface area contributed by atoms with Crippen molar-refractivity contribution >= 4 is 34.4 Å². The molecule has 0 amide bonds. The topological polar surface area (TPSA) is 63.8 Å². The Kier molecular flexibility index (Phi) is 3.23. The minimum absolute atomic E-state index is 0.476. The fourth-order valence-electron chi connectivity index (χ4n) is 2.16. The summed E-state index contributed by atoms with van der Waals surface area (Å²) >= 11 is 2.01. The summed E-state index contributed by atoms with van der Waals surface area (Å²) in [7, 11) is 0. The van der Waals surface area contributed by atoms with Gasteiger partial charge in [0.05, 0.1) is 11.0 Å². The van der Waals surface area contributed by atoms with Crippen LogP contribution in [0.1, 0.15) is 12.8 Å². The van der Waals surface area contributed by atoms with Gasteiger partial charge in [-0.15, -0.1) is 0 Å². The number of fused-ring (bicyclic) bond motifs is 1. The zero-order valence-corrected chi connectivity index (χ0v) is 10.9. The summed E-state index contributed by atoms with van der Waals surface area (Å²) in [5.74, 6) is 3.63. The van der Waals surface area contributed by atoms with Gasteiger partial charge in [-0.05, 0) is 36.5 Å². The van der Waals surface area contributed by atoms with Crippen LogP contribution in [0.5, 0.6) is 0 Å². The molecule has 0 aliphatic carbocycles. The number of hydrogen-bond donors (Lipinski definition) is 2. The standard InChI is InChI=1S/C13H16N4S/c14-12-13(15-9-5-7-18-8-6-9)17-11-4-2-1-3-10(11)16-12/h1-4,9H,5-8H2,(H2,14,16)(H,15,17). The van der Waals surface area contributed by atoms with Gasteiger partial charge in [0.25, 0.3) is 0 Å². The first-order chi connectivity index (χ1) is 8.83. The first-order valence-electron chi connectivity index (χ1n) is 6.19. The van der Waals surface area contributed by atoms with Gasteiger partial charge in [-0.2, -0.15) is 11.8 Å². The number of nitrogens with one attached hydrogen (secondary N) is 1. The van der Waals surface area contributed by atoms with E-state index in [4.69, 9.17) is 5.73 Å². The lowest BCUT2D eigenvalue weighted by atomic mass is 10.1. The summed E-state index contributed by atoms with van der Waals surface area (Å²) in [5.41, 5.74) is 7.70. The summed E-state index contributed by atoms with van der Waals surface area (Å²) in [6.07, 6.45) is 2.33. The van der Waals surface area contributed by atoms with Crippen molar-refractivity contribution in [2.75, 3.05) is 22.6 Å². The number of nitrogen functional groups attached to an aromatic ring is 1. The Hall–Kier alpha value is -1.49. The van der Waals surface area contributed by atoms with Crippen LogP contribution in [0, 0.1) is 0 Å². The number of para-hydroxylation sites is 2. The molecule has 0 radical (unpaired) electrons. The number of nitrogens with zero attached hydrogens (tertiary/aromatic N) is 2. The molecule has 2 heterocycles. The van der Waals surface area contributed by atoms with E-state index in [0.29, 0.717) is 11.9 Å². The van der Waals surface area contributed by atoms with Crippen LogP contribution < -0.4 is 11.1 Å². The number of nitrogens with two attached hydrogens (primary N) is 1. The van der Waals surface area contributed by atoms with E-state index < -0.39 is 0 Å². The van der Waals surface area contributed by atoms with Crippen molar-refractivity contribution in [3.63, 3.8) is 0 Å². The smallest absolute Gasteiger partial charge is 0.169 e. The van der Waals surface area contributed by atoms with E-state index in [1.165, 1.54) is 24.3 Å². The molecule has 5 heteroatoms. The first-order valence-corrected chi connectivity index (χ1v) is 7.35. The van der Waals surface area contributed by atoms with Gasteiger partial charge in [-0.1, -0.05) is 12.1 Å². The second-order valence-corrected chi connectivity index (χ2v) is 5.70. The minimum atomic E-state index is 0.476. The highest BCUT2D eigenvalue weighted by molar-refractivity contribution is 7.99. The maximum absolute atomic E-state index is 5.96. The van der Waals surface area contributed by atoms with Gasteiger partial charge in [0.1, 0.15) is 0 Å². The van der Waals surface area contributed by atoms with Gasteiger partial charge in [0.2, 0.25) is 0 Å². The number of aromatic nitrogens is 2. The van der Waals surface area contributed by atoms with Crippen molar-refractivity contribution in [2.24, 2.45) is 0 Å². The molecule has 4 nitrogen and oxygen atoms in total. The van der Waals surface area contributed by atoms with Crippen molar-refractivity contribution in [3.8, 4) is 0 Å². The molecule has 3 rings (SSSR count). The van der Waals surface area contributed by atoms with Crippen LogP contribution in [0.3, 0.4) is 0 Å². The van der Waals surface area contributed by atoms with Gasteiger partial charge >= 0.3 is 0 Å². The Morgan fingerprint density at radius 3 is 2.50 bits per heavy atom. The van der Waals surface area contributed by atoms with Crippen LogP contribution in [-0.4, -0.2) is 27.5 Å². The fraction of sp³-hybridized carbons (Fsp3) is 0.385. The Morgan fingerprint density at radius 2 is 1.78 bits per heavy atom. The Morgan fingerprint density at radius 1 is 1.11 bits per heavy atom. The van der Waals surface area contributed by atoms with Gasteiger partial charge < -0.3 is 11.1 Å². The van der Waals surface area contributed by atoms with Crippen molar-refractivity contribution in [1.82, 2.24) is 9.97 Å². The summed E-state index contributed by atoms with van der Waals surface area (Å²) in [6.45, 7) is 0. The highest BCUT2D eigenvalue weighted by Gasteiger charge is 2.15. The number of anilines is 2. The monoisotopic (exact) mass is 260 g/mol. The maximum Gasteiger partial charge on any atom is 0.169 e. The van der Waals surface area contributed by atoms with Gasteiger partial charge in [0.15, 0.2) is 11.6 Å². The van der Waals surface area contributed by atoms with Crippen LogP contribution in [0.15, 0.2) is 24.3 Å². The Bertz CT molecular complexity index is 552. The summed E-state index contributed by atoms with van der Waals surface area (Å²) in [4.78, 5) is 8.95. The predicted molar refractivity (Wildman–Crippen MR) is 77.9 cm³/mol. The van der Waals surface area contributed by atoms with Crippen LogP contribution in [0.25, 0.3) is 11.0 Å². The molecule has 18 heavy (non-hydrogen) atoms. The predicted octanol–water partition coefficient (Wildman–Crippen LogP) is 2.52. The average Bonchev–Trinajstić information content (AvgIpc) is 2.41. The fourth-order valence-corrected chi connectivity index (χ4v) is 3.26. The molecule has 1 aliphatic rings. The lowest BCUT2D eigenvalue weighted by molar-refractivity contribution is 0.664. The van der Waals surface area contributed by atoms with Crippen LogP contribution in [0.4, 0.5) is 11.6 Å². The molecule has 0 atom stereocenters. The van der Waals surface area contributed by atoms with Crippen molar-refractivity contribution in [1.29, 1.82) is 0 Å². The quantitative estimate of drug-likeness (QED) is 0.868. The maximum atomic E-state index is 5.96. The molecule has 0 bridgehead atoms. The third-order valence-corrected chi connectivity index (χ3v) is 4.21. The molecule has 1 aliphatic heterocycles. The third kappa shape index (κ3) is 2.36. The molecule has 1 fully saturated rings. The molecule has 0 unspecified atom stereocenters.